The Balaban J connectivity index is 2.61. The van der Waals surface area contributed by atoms with Crippen LogP contribution in [0.5, 0.6) is 0 Å². The molecule has 1 aromatic carbocycles. The van der Waals surface area contributed by atoms with E-state index < -0.39 is 0 Å². The van der Waals surface area contributed by atoms with Gasteiger partial charge in [0.25, 0.3) is 0 Å². The predicted molar refractivity (Wildman–Crippen MR) is 81.5 cm³/mol. The number of tetrazole rings is 1. The molecule has 0 amide bonds. The summed E-state index contributed by atoms with van der Waals surface area (Å²) >= 11 is 6.07. The third-order valence-electron chi connectivity index (χ3n) is 4.15. The van der Waals surface area contributed by atoms with Crippen molar-refractivity contribution >= 4 is 17.3 Å². The molecule has 0 radical (unpaired) electrons. The molecule has 1 aromatic heterocycles. The Morgan fingerprint density at radius 3 is 2.45 bits per heavy atom. The van der Waals surface area contributed by atoms with E-state index in [4.69, 9.17) is 17.3 Å². The van der Waals surface area contributed by atoms with E-state index in [1.165, 1.54) is 0 Å². The Labute approximate surface area is 124 Å². The smallest absolute Gasteiger partial charge is 0.184 e. The summed E-state index contributed by atoms with van der Waals surface area (Å²) in [6.07, 6.45) is 2.87. The van der Waals surface area contributed by atoms with Crippen LogP contribution in [-0.2, 0) is 5.54 Å². The number of anilines is 1. The van der Waals surface area contributed by atoms with Gasteiger partial charge < -0.3 is 5.73 Å². The predicted octanol–water partition coefficient (Wildman–Crippen LogP) is 3.50. The molecule has 108 valence electrons. The van der Waals surface area contributed by atoms with Gasteiger partial charge in [0.15, 0.2) is 5.82 Å². The molecule has 2 N–H and O–H groups in total. The Morgan fingerprint density at radius 2 is 1.85 bits per heavy atom. The van der Waals surface area contributed by atoms with Crippen LogP contribution in [0.25, 0.3) is 11.4 Å². The summed E-state index contributed by atoms with van der Waals surface area (Å²) in [5.74, 6) is 0.676. The van der Waals surface area contributed by atoms with Gasteiger partial charge in [0.1, 0.15) is 0 Å². The van der Waals surface area contributed by atoms with Crippen molar-refractivity contribution in [3.63, 3.8) is 0 Å². The van der Waals surface area contributed by atoms with E-state index in [0.717, 1.165) is 24.8 Å². The van der Waals surface area contributed by atoms with Crippen LogP contribution < -0.4 is 5.73 Å². The molecule has 6 heteroatoms. The first-order valence-electron chi connectivity index (χ1n) is 6.92. The van der Waals surface area contributed by atoms with Crippen LogP contribution in [0, 0.1) is 0 Å². The minimum atomic E-state index is -0.0897. The van der Waals surface area contributed by atoms with Crippen molar-refractivity contribution in [3.8, 4) is 11.4 Å². The van der Waals surface area contributed by atoms with E-state index in [1.54, 1.807) is 12.1 Å². The molecule has 0 aliphatic carbocycles. The molecule has 0 fully saturated rings. The van der Waals surface area contributed by atoms with E-state index in [-0.39, 0.29) is 5.54 Å². The monoisotopic (exact) mass is 293 g/mol. The topological polar surface area (TPSA) is 69.6 Å². The fraction of sp³-hybridized carbons (Fsp3) is 0.500. The SMILES string of the molecule is CCC(CC)(CC)n1nnnc1-c1cc(Cl)ccc1N. The number of halogens is 1. The molecule has 5 nitrogen and oxygen atoms in total. The van der Waals surface area contributed by atoms with Gasteiger partial charge in [-0.05, 0) is 47.9 Å². The van der Waals surface area contributed by atoms with Crippen LogP contribution >= 0.6 is 11.6 Å². The van der Waals surface area contributed by atoms with Crippen molar-refractivity contribution in [2.24, 2.45) is 0 Å². The van der Waals surface area contributed by atoms with Crippen LogP contribution in [0.3, 0.4) is 0 Å². The molecular weight excluding hydrogens is 274 g/mol. The summed E-state index contributed by atoms with van der Waals surface area (Å²) in [7, 11) is 0. The highest BCUT2D eigenvalue weighted by molar-refractivity contribution is 6.31. The average molecular weight is 294 g/mol. The normalized spacial score (nSPS) is 11.8. The lowest BCUT2D eigenvalue weighted by atomic mass is 9.89. The van der Waals surface area contributed by atoms with Crippen LogP contribution in [0.1, 0.15) is 40.0 Å². The van der Waals surface area contributed by atoms with Crippen molar-refractivity contribution in [2.75, 3.05) is 5.73 Å². The molecular formula is C14H20ClN5. The second-order valence-corrected chi connectivity index (χ2v) is 5.37. The Morgan fingerprint density at radius 1 is 1.20 bits per heavy atom. The highest BCUT2D eigenvalue weighted by atomic mass is 35.5. The van der Waals surface area contributed by atoms with Crippen LogP contribution in [0.2, 0.25) is 5.02 Å². The molecule has 2 rings (SSSR count). The number of aromatic nitrogens is 4. The average Bonchev–Trinajstić information content (AvgIpc) is 2.94. The van der Waals surface area contributed by atoms with Crippen LogP contribution in [0.15, 0.2) is 18.2 Å². The van der Waals surface area contributed by atoms with E-state index in [1.807, 2.05) is 10.7 Å². The minimum Gasteiger partial charge on any atom is -0.398 e. The third-order valence-corrected chi connectivity index (χ3v) is 4.38. The first kappa shape index (κ1) is 14.8. The third kappa shape index (κ3) is 2.38. The number of nitrogen functional groups attached to an aromatic ring is 1. The highest BCUT2D eigenvalue weighted by Gasteiger charge is 2.31. The van der Waals surface area contributed by atoms with E-state index >= 15 is 0 Å². The quantitative estimate of drug-likeness (QED) is 0.857. The summed E-state index contributed by atoms with van der Waals surface area (Å²) in [6.45, 7) is 6.46. The second-order valence-electron chi connectivity index (χ2n) is 4.93. The summed E-state index contributed by atoms with van der Waals surface area (Å²) < 4.78 is 1.90. The number of hydrogen-bond acceptors (Lipinski definition) is 4. The maximum Gasteiger partial charge on any atom is 0.184 e. The van der Waals surface area contributed by atoms with Gasteiger partial charge in [0.2, 0.25) is 0 Å². The van der Waals surface area contributed by atoms with Crippen LogP contribution in [0.4, 0.5) is 5.69 Å². The summed E-state index contributed by atoms with van der Waals surface area (Å²) in [4.78, 5) is 0. The number of nitrogens with two attached hydrogens (primary N) is 1. The van der Waals surface area contributed by atoms with Gasteiger partial charge in [-0.1, -0.05) is 32.4 Å². The second kappa shape index (κ2) is 5.79. The van der Waals surface area contributed by atoms with Crippen molar-refractivity contribution in [2.45, 2.75) is 45.6 Å². The zero-order valence-corrected chi connectivity index (χ0v) is 12.9. The summed E-state index contributed by atoms with van der Waals surface area (Å²) in [6, 6.07) is 5.36. The summed E-state index contributed by atoms with van der Waals surface area (Å²) in [5.41, 5.74) is 7.37. The lowest BCUT2D eigenvalue weighted by Gasteiger charge is -2.31. The molecule has 0 saturated carbocycles. The number of hydrogen-bond donors (Lipinski definition) is 1. The lowest BCUT2D eigenvalue weighted by Crippen LogP contribution is -2.33. The molecule has 20 heavy (non-hydrogen) atoms. The van der Waals surface area contributed by atoms with Gasteiger partial charge in [0, 0.05) is 16.3 Å². The van der Waals surface area contributed by atoms with Gasteiger partial charge >= 0.3 is 0 Å². The maximum absolute atomic E-state index is 6.07. The minimum absolute atomic E-state index is 0.0897. The molecule has 0 spiro atoms. The van der Waals surface area contributed by atoms with Crippen molar-refractivity contribution in [3.05, 3.63) is 23.2 Å². The fourth-order valence-corrected chi connectivity index (χ4v) is 2.77. The molecule has 0 bridgehead atoms. The first-order valence-corrected chi connectivity index (χ1v) is 7.30. The van der Waals surface area contributed by atoms with Gasteiger partial charge in [-0.3, -0.25) is 0 Å². The van der Waals surface area contributed by atoms with Gasteiger partial charge in [-0.15, -0.1) is 5.10 Å². The highest BCUT2D eigenvalue weighted by Crippen LogP contribution is 2.34. The van der Waals surface area contributed by atoms with Gasteiger partial charge in [-0.2, -0.15) is 0 Å². The molecule has 0 aliphatic rings. The Bertz CT molecular complexity index is 581. The zero-order valence-electron chi connectivity index (χ0n) is 12.1. The molecule has 1 heterocycles. The molecule has 0 atom stereocenters. The standard InChI is InChI=1S/C14H20ClN5/c1-4-14(5-2,6-3)20-13(17-18-19-20)11-9-10(15)7-8-12(11)16/h7-9H,4-6,16H2,1-3H3. The lowest BCUT2D eigenvalue weighted by molar-refractivity contribution is 0.223. The maximum atomic E-state index is 6.07. The molecule has 0 aliphatic heterocycles. The number of nitrogens with zero attached hydrogens (tertiary/aromatic N) is 4. The largest absolute Gasteiger partial charge is 0.398 e. The molecule has 0 saturated heterocycles. The Hall–Kier alpha value is -1.62. The van der Waals surface area contributed by atoms with E-state index in [0.29, 0.717) is 16.5 Å². The molecule has 2 aromatic rings. The Kier molecular flexibility index (Phi) is 4.28. The van der Waals surface area contributed by atoms with Gasteiger partial charge in [-0.25, -0.2) is 4.68 Å². The van der Waals surface area contributed by atoms with Crippen LogP contribution in [-0.4, -0.2) is 20.2 Å². The number of rotatable bonds is 5. The van der Waals surface area contributed by atoms with Gasteiger partial charge in [0.05, 0.1) is 5.54 Å². The van der Waals surface area contributed by atoms with Crippen molar-refractivity contribution in [1.82, 2.24) is 20.2 Å². The fourth-order valence-electron chi connectivity index (χ4n) is 2.60. The molecule has 0 unspecified atom stereocenters. The van der Waals surface area contributed by atoms with Crippen molar-refractivity contribution < 1.29 is 0 Å². The zero-order chi connectivity index (χ0) is 14.8. The van der Waals surface area contributed by atoms with Crippen molar-refractivity contribution in [1.29, 1.82) is 0 Å². The number of benzene rings is 1. The van der Waals surface area contributed by atoms with E-state index in [9.17, 15) is 0 Å². The first-order chi connectivity index (χ1) is 9.57. The van der Waals surface area contributed by atoms with E-state index in [2.05, 4.69) is 36.3 Å². The summed E-state index contributed by atoms with van der Waals surface area (Å²) in [5, 5.41) is 12.8.